The van der Waals surface area contributed by atoms with Crippen LogP contribution in [0.25, 0.3) is 0 Å². The third kappa shape index (κ3) is 5.03. The number of amides is 1. The van der Waals surface area contributed by atoms with Crippen LogP contribution in [0.1, 0.15) is 37.3 Å². The maximum Gasteiger partial charge on any atom is 0.227 e. The summed E-state index contributed by atoms with van der Waals surface area (Å²) < 4.78 is 10.9. The molecule has 5 heteroatoms. The highest BCUT2D eigenvalue weighted by molar-refractivity contribution is 5.93. The highest BCUT2D eigenvalue weighted by Crippen LogP contribution is 2.32. The molecule has 0 saturated heterocycles. The number of hydrogen-bond donors (Lipinski definition) is 2. The Hall–Kier alpha value is -1.43. The average Bonchev–Trinajstić information content (AvgIpc) is 3.06. The number of nitrogens with one attached hydrogen (secondary N) is 1. The number of nitrogens with two attached hydrogens (primary N) is 1. The lowest BCUT2D eigenvalue weighted by atomic mass is 9.95. The molecule has 2 rings (SSSR count). The second-order valence-corrected chi connectivity index (χ2v) is 6.36. The van der Waals surface area contributed by atoms with Gasteiger partial charge in [0.25, 0.3) is 0 Å². The van der Waals surface area contributed by atoms with Crippen LogP contribution in [0.4, 0.5) is 5.69 Å². The molecule has 0 bridgehead atoms. The van der Waals surface area contributed by atoms with Gasteiger partial charge in [-0.1, -0.05) is 18.6 Å². The smallest absolute Gasteiger partial charge is 0.227 e. The van der Waals surface area contributed by atoms with Gasteiger partial charge >= 0.3 is 0 Å². The molecule has 134 valence electrons. The molecule has 24 heavy (non-hydrogen) atoms. The van der Waals surface area contributed by atoms with Crippen molar-refractivity contribution in [3.63, 3.8) is 0 Å². The summed E-state index contributed by atoms with van der Waals surface area (Å²) in [5.74, 6) is 0.455. The minimum Gasteiger partial charge on any atom is -0.379 e. The maximum atomic E-state index is 12.6. The monoisotopic (exact) mass is 334 g/mol. The van der Waals surface area contributed by atoms with Gasteiger partial charge in [0, 0.05) is 18.2 Å². The zero-order valence-corrected chi connectivity index (χ0v) is 14.8. The van der Waals surface area contributed by atoms with Crippen LogP contribution < -0.4 is 11.1 Å². The lowest BCUT2D eigenvalue weighted by molar-refractivity contribution is -0.120. The predicted molar refractivity (Wildman–Crippen MR) is 95.8 cm³/mol. The number of carbonyl (C=O) groups excluding carboxylic acids is 1. The van der Waals surface area contributed by atoms with Crippen LogP contribution in [0.5, 0.6) is 0 Å². The van der Waals surface area contributed by atoms with Gasteiger partial charge < -0.3 is 20.5 Å². The minimum absolute atomic E-state index is 0.0421. The first-order valence-corrected chi connectivity index (χ1v) is 8.92. The van der Waals surface area contributed by atoms with Gasteiger partial charge in [-0.05, 0) is 56.3 Å². The van der Waals surface area contributed by atoms with E-state index in [2.05, 4.69) is 5.32 Å². The van der Waals surface area contributed by atoms with Gasteiger partial charge in [-0.2, -0.15) is 0 Å². The van der Waals surface area contributed by atoms with Gasteiger partial charge in [0.2, 0.25) is 5.91 Å². The Bertz CT molecular complexity index is 533. The molecule has 1 amide bonds. The standard InChI is InChI=1S/C19H30N2O3/c1-3-23-10-11-24-13-16-7-5-9-18(14(16)2)21-19(22)17-8-4-6-15(17)12-20/h5,7,9,15,17H,3-4,6,8,10-13,20H2,1-2H3,(H,21,22)/t15-,17-/m1/s1. The lowest BCUT2D eigenvalue weighted by Crippen LogP contribution is -2.30. The maximum absolute atomic E-state index is 12.6. The van der Waals surface area contributed by atoms with E-state index in [1.165, 1.54) is 0 Å². The zero-order valence-electron chi connectivity index (χ0n) is 14.8. The van der Waals surface area contributed by atoms with Crippen molar-refractivity contribution in [3.05, 3.63) is 29.3 Å². The molecule has 0 unspecified atom stereocenters. The van der Waals surface area contributed by atoms with Gasteiger partial charge in [0.15, 0.2) is 0 Å². The summed E-state index contributed by atoms with van der Waals surface area (Å²) in [5, 5.41) is 3.09. The summed E-state index contributed by atoms with van der Waals surface area (Å²) >= 11 is 0. The molecular formula is C19H30N2O3. The fourth-order valence-electron chi connectivity index (χ4n) is 3.31. The molecule has 1 aliphatic rings. The highest BCUT2D eigenvalue weighted by Gasteiger charge is 2.32. The van der Waals surface area contributed by atoms with Crippen molar-refractivity contribution >= 4 is 11.6 Å². The van der Waals surface area contributed by atoms with Gasteiger partial charge in [0.05, 0.1) is 19.8 Å². The van der Waals surface area contributed by atoms with Crippen LogP contribution in [0.15, 0.2) is 18.2 Å². The Balaban J connectivity index is 1.93. The first kappa shape index (κ1) is 18.9. The van der Waals surface area contributed by atoms with E-state index >= 15 is 0 Å². The molecule has 0 aliphatic heterocycles. The van der Waals surface area contributed by atoms with Crippen molar-refractivity contribution in [1.29, 1.82) is 0 Å². The molecule has 0 spiro atoms. The molecule has 1 fully saturated rings. The Kier molecular flexibility index (Phi) is 7.69. The van der Waals surface area contributed by atoms with Crippen molar-refractivity contribution in [1.82, 2.24) is 0 Å². The van der Waals surface area contributed by atoms with Crippen molar-refractivity contribution in [2.45, 2.75) is 39.7 Å². The normalized spacial score (nSPS) is 20.3. The topological polar surface area (TPSA) is 73.6 Å². The van der Waals surface area contributed by atoms with Crippen molar-refractivity contribution in [2.24, 2.45) is 17.6 Å². The fourth-order valence-corrected chi connectivity index (χ4v) is 3.31. The van der Waals surface area contributed by atoms with Gasteiger partial charge in [0.1, 0.15) is 0 Å². The van der Waals surface area contributed by atoms with Gasteiger partial charge in [-0.25, -0.2) is 0 Å². The summed E-state index contributed by atoms with van der Waals surface area (Å²) in [5.41, 5.74) is 8.81. The number of benzene rings is 1. The van der Waals surface area contributed by atoms with Gasteiger partial charge in [-0.15, -0.1) is 0 Å². The van der Waals surface area contributed by atoms with E-state index in [1.807, 2.05) is 32.0 Å². The summed E-state index contributed by atoms with van der Waals surface area (Å²) in [6.45, 7) is 6.98. The van der Waals surface area contributed by atoms with Crippen LogP contribution in [0.2, 0.25) is 0 Å². The molecule has 5 nitrogen and oxygen atoms in total. The van der Waals surface area contributed by atoms with Crippen LogP contribution in [0.3, 0.4) is 0 Å². The first-order valence-electron chi connectivity index (χ1n) is 8.92. The van der Waals surface area contributed by atoms with Crippen LogP contribution in [0, 0.1) is 18.8 Å². The van der Waals surface area contributed by atoms with E-state index in [0.717, 1.165) is 36.1 Å². The molecule has 0 radical (unpaired) electrons. The van der Waals surface area contributed by atoms with E-state index < -0.39 is 0 Å². The molecular weight excluding hydrogens is 304 g/mol. The SMILES string of the molecule is CCOCCOCc1cccc(NC(=O)[C@@H]2CCC[C@@H]2CN)c1C. The molecule has 1 saturated carbocycles. The Morgan fingerprint density at radius 2 is 2.08 bits per heavy atom. The van der Waals surface area contributed by atoms with Crippen LogP contribution in [-0.4, -0.2) is 32.3 Å². The first-order chi connectivity index (χ1) is 11.7. The van der Waals surface area contributed by atoms with Gasteiger partial charge in [-0.3, -0.25) is 4.79 Å². The van der Waals surface area contributed by atoms with E-state index in [1.54, 1.807) is 0 Å². The molecule has 0 heterocycles. The largest absolute Gasteiger partial charge is 0.379 e. The summed E-state index contributed by atoms with van der Waals surface area (Å²) in [7, 11) is 0. The summed E-state index contributed by atoms with van der Waals surface area (Å²) in [6, 6.07) is 5.94. The third-order valence-corrected chi connectivity index (χ3v) is 4.84. The highest BCUT2D eigenvalue weighted by atomic mass is 16.5. The van der Waals surface area contributed by atoms with E-state index in [4.69, 9.17) is 15.2 Å². The van der Waals surface area contributed by atoms with Crippen LogP contribution >= 0.6 is 0 Å². The van der Waals surface area contributed by atoms with E-state index in [-0.39, 0.29) is 11.8 Å². The fraction of sp³-hybridized carbons (Fsp3) is 0.632. The number of anilines is 1. The lowest BCUT2D eigenvalue weighted by Gasteiger charge is -2.19. The summed E-state index contributed by atoms with van der Waals surface area (Å²) in [4.78, 5) is 12.6. The molecule has 3 N–H and O–H groups in total. The zero-order chi connectivity index (χ0) is 17.4. The quantitative estimate of drug-likeness (QED) is 0.681. The number of rotatable bonds is 9. The summed E-state index contributed by atoms with van der Waals surface area (Å²) in [6.07, 6.45) is 3.08. The number of hydrogen-bond acceptors (Lipinski definition) is 4. The molecule has 2 atom stereocenters. The average molecular weight is 334 g/mol. The Morgan fingerprint density at radius 3 is 2.83 bits per heavy atom. The molecule has 1 aromatic carbocycles. The van der Waals surface area contributed by atoms with Crippen LogP contribution in [-0.2, 0) is 20.9 Å². The number of carbonyl (C=O) groups is 1. The van der Waals surface area contributed by atoms with E-state index in [9.17, 15) is 4.79 Å². The van der Waals surface area contributed by atoms with Crippen molar-refractivity contribution in [3.8, 4) is 0 Å². The molecule has 1 aliphatic carbocycles. The second-order valence-electron chi connectivity index (χ2n) is 6.36. The Morgan fingerprint density at radius 1 is 1.29 bits per heavy atom. The third-order valence-electron chi connectivity index (χ3n) is 4.84. The predicted octanol–water partition coefficient (Wildman–Crippen LogP) is 2.86. The number of ether oxygens (including phenoxy) is 2. The van der Waals surface area contributed by atoms with E-state index in [0.29, 0.717) is 38.9 Å². The van der Waals surface area contributed by atoms with Crippen molar-refractivity contribution in [2.75, 3.05) is 31.7 Å². The Labute approximate surface area is 144 Å². The second kappa shape index (κ2) is 9.77. The molecule has 0 aromatic heterocycles. The molecule has 1 aromatic rings. The minimum atomic E-state index is 0.0421. The van der Waals surface area contributed by atoms with Crippen molar-refractivity contribution < 1.29 is 14.3 Å².